The molecule has 0 aliphatic carbocycles. The molecule has 1 atom stereocenters. The lowest BCUT2D eigenvalue weighted by atomic mass is 10.1. The molecule has 0 saturated heterocycles. The number of nitrogens with one attached hydrogen (secondary N) is 2. The van der Waals surface area contributed by atoms with Gasteiger partial charge in [0, 0.05) is 10.5 Å². The summed E-state index contributed by atoms with van der Waals surface area (Å²) >= 11 is 3.16. The third-order valence-corrected chi connectivity index (χ3v) is 6.71. The van der Waals surface area contributed by atoms with Crippen LogP contribution in [0, 0.1) is 5.82 Å². The fourth-order valence-corrected chi connectivity index (χ4v) is 4.63. The number of hydrogen-bond donors (Lipinski definition) is 2. The zero-order valence-electron chi connectivity index (χ0n) is 17.8. The Labute approximate surface area is 200 Å². The first-order valence-corrected chi connectivity index (χ1v) is 12.1. The van der Waals surface area contributed by atoms with Crippen molar-refractivity contribution >= 4 is 37.5 Å². The maximum Gasteiger partial charge on any atom is 0.242 e. The Bertz CT molecular complexity index is 1240. The summed E-state index contributed by atoms with van der Waals surface area (Å²) in [5.41, 5.74) is 0.663. The summed E-state index contributed by atoms with van der Waals surface area (Å²) in [6, 6.07) is 15.9. The van der Waals surface area contributed by atoms with Crippen LogP contribution in [0.1, 0.15) is 5.56 Å². The predicted octanol–water partition coefficient (Wildman–Crippen LogP) is 4.13. The first-order chi connectivity index (χ1) is 15.7. The van der Waals surface area contributed by atoms with Gasteiger partial charge in [-0.3, -0.25) is 4.79 Å². The smallest absolute Gasteiger partial charge is 0.242 e. The second kappa shape index (κ2) is 10.8. The highest BCUT2D eigenvalue weighted by atomic mass is 79.9. The van der Waals surface area contributed by atoms with Gasteiger partial charge in [-0.05, 0) is 42.3 Å². The van der Waals surface area contributed by atoms with E-state index in [9.17, 15) is 17.6 Å². The lowest BCUT2D eigenvalue weighted by Crippen LogP contribution is -2.45. The molecule has 0 aromatic heterocycles. The number of halogens is 2. The molecule has 0 spiro atoms. The van der Waals surface area contributed by atoms with E-state index in [0.717, 1.165) is 5.56 Å². The van der Waals surface area contributed by atoms with Gasteiger partial charge in [0.2, 0.25) is 15.9 Å². The fraction of sp³-hybridized carbons (Fsp3) is 0.174. The van der Waals surface area contributed by atoms with E-state index in [1.54, 1.807) is 30.3 Å². The molecule has 0 radical (unpaired) electrons. The van der Waals surface area contributed by atoms with E-state index in [1.165, 1.54) is 44.6 Å². The lowest BCUT2D eigenvalue weighted by molar-refractivity contribution is -0.117. The van der Waals surface area contributed by atoms with Crippen LogP contribution in [0.25, 0.3) is 0 Å². The highest BCUT2D eigenvalue weighted by molar-refractivity contribution is 9.10. The normalized spacial score (nSPS) is 12.1. The van der Waals surface area contributed by atoms with Crippen LogP contribution in [0.3, 0.4) is 0 Å². The Balaban J connectivity index is 1.91. The van der Waals surface area contributed by atoms with Gasteiger partial charge in [-0.1, -0.05) is 46.3 Å². The number of rotatable bonds is 9. The molecule has 0 saturated carbocycles. The minimum Gasteiger partial charge on any atom is -0.493 e. The van der Waals surface area contributed by atoms with Crippen LogP contribution in [0.5, 0.6) is 11.5 Å². The second-order valence-electron chi connectivity index (χ2n) is 6.99. The van der Waals surface area contributed by atoms with E-state index in [4.69, 9.17) is 9.47 Å². The van der Waals surface area contributed by atoms with Crippen molar-refractivity contribution in [2.24, 2.45) is 0 Å². The molecule has 10 heteroatoms. The van der Waals surface area contributed by atoms with Gasteiger partial charge >= 0.3 is 0 Å². The van der Waals surface area contributed by atoms with Gasteiger partial charge in [-0.15, -0.1) is 0 Å². The molecule has 33 heavy (non-hydrogen) atoms. The minimum absolute atomic E-state index is 0.0529. The molecule has 3 aromatic rings. The van der Waals surface area contributed by atoms with Crippen molar-refractivity contribution in [3.63, 3.8) is 0 Å². The number of benzene rings is 3. The van der Waals surface area contributed by atoms with Crippen molar-refractivity contribution in [1.82, 2.24) is 4.72 Å². The van der Waals surface area contributed by atoms with Crippen LogP contribution < -0.4 is 19.5 Å². The van der Waals surface area contributed by atoms with Gasteiger partial charge in [0.05, 0.1) is 24.8 Å². The molecular weight excluding hydrogens is 515 g/mol. The highest BCUT2D eigenvalue weighted by Crippen LogP contribution is 2.29. The summed E-state index contributed by atoms with van der Waals surface area (Å²) in [7, 11) is -1.31. The maximum absolute atomic E-state index is 14.2. The topological polar surface area (TPSA) is 93.7 Å². The summed E-state index contributed by atoms with van der Waals surface area (Å²) in [6.45, 7) is 0. The predicted molar refractivity (Wildman–Crippen MR) is 127 cm³/mol. The molecule has 0 heterocycles. The average molecular weight is 537 g/mol. The molecule has 3 rings (SSSR count). The number of sulfonamides is 1. The molecule has 0 unspecified atom stereocenters. The monoisotopic (exact) mass is 536 g/mol. The van der Waals surface area contributed by atoms with Gasteiger partial charge in [-0.2, -0.15) is 4.72 Å². The van der Waals surface area contributed by atoms with Crippen LogP contribution in [-0.2, 0) is 21.2 Å². The zero-order valence-corrected chi connectivity index (χ0v) is 20.2. The standard InChI is InChI=1S/C23H22BrFN2O5S/c1-31-21-11-9-17(14-22(21)32-2)33(29,30)27-20(12-15-6-4-3-5-7-15)23(28)26-19-10-8-16(24)13-18(19)25/h3-11,13-14,20,27H,12H2,1-2H3,(H,26,28)/t20-/m1/s1. The number of anilines is 1. The average Bonchev–Trinajstić information content (AvgIpc) is 2.80. The Kier molecular flexibility index (Phi) is 8.06. The molecule has 0 aliphatic rings. The quantitative estimate of drug-likeness (QED) is 0.428. The number of carbonyl (C=O) groups is 1. The summed E-state index contributed by atoms with van der Waals surface area (Å²) < 4.78 is 53.7. The van der Waals surface area contributed by atoms with Gasteiger partial charge in [0.1, 0.15) is 11.9 Å². The molecule has 3 aromatic carbocycles. The Morgan fingerprint density at radius 1 is 1.00 bits per heavy atom. The largest absolute Gasteiger partial charge is 0.493 e. The lowest BCUT2D eigenvalue weighted by Gasteiger charge is -2.19. The minimum atomic E-state index is -4.14. The molecule has 1 amide bonds. The number of amides is 1. The van der Waals surface area contributed by atoms with Crippen molar-refractivity contribution in [2.45, 2.75) is 17.4 Å². The van der Waals surface area contributed by atoms with Gasteiger partial charge < -0.3 is 14.8 Å². The van der Waals surface area contributed by atoms with Gasteiger partial charge in [0.15, 0.2) is 11.5 Å². The van der Waals surface area contributed by atoms with E-state index in [0.29, 0.717) is 10.2 Å². The number of ether oxygens (including phenoxy) is 2. The number of carbonyl (C=O) groups excluding carboxylic acids is 1. The molecule has 0 aliphatic heterocycles. The summed E-state index contributed by atoms with van der Waals surface area (Å²) in [5, 5.41) is 2.47. The first-order valence-electron chi connectivity index (χ1n) is 9.77. The molecule has 2 N–H and O–H groups in total. The van der Waals surface area contributed by atoms with Crippen molar-refractivity contribution in [3.8, 4) is 11.5 Å². The van der Waals surface area contributed by atoms with Crippen LogP contribution in [0.4, 0.5) is 10.1 Å². The molecular formula is C23H22BrFN2O5S. The van der Waals surface area contributed by atoms with Crippen LogP contribution in [0.15, 0.2) is 76.1 Å². The molecule has 174 valence electrons. The molecule has 0 fully saturated rings. The Morgan fingerprint density at radius 3 is 2.33 bits per heavy atom. The van der Waals surface area contributed by atoms with Crippen molar-refractivity contribution in [1.29, 1.82) is 0 Å². The van der Waals surface area contributed by atoms with Crippen LogP contribution in [0.2, 0.25) is 0 Å². The zero-order chi connectivity index (χ0) is 24.0. The number of hydrogen-bond acceptors (Lipinski definition) is 5. The van der Waals surface area contributed by atoms with Crippen molar-refractivity contribution in [3.05, 3.63) is 82.6 Å². The summed E-state index contributed by atoms with van der Waals surface area (Å²) in [6.07, 6.45) is 0.0529. The van der Waals surface area contributed by atoms with E-state index in [2.05, 4.69) is 26.0 Å². The van der Waals surface area contributed by atoms with Crippen LogP contribution >= 0.6 is 15.9 Å². The van der Waals surface area contributed by atoms with Crippen LogP contribution in [-0.4, -0.2) is 34.6 Å². The highest BCUT2D eigenvalue weighted by Gasteiger charge is 2.27. The SMILES string of the molecule is COc1ccc(S(=O)(=O)N[C@H](Cc2ccccc2)C(=O)Nc2ccc(Br)cc2F)cc1OC. The van der Waals surface area contributed by atoms with E-state index in [1.807, 2.05) is 6.07 Å². The summed E-state index contributed by atoms with van der Waals surface area (Å²) in [4.78, 5) is 12.9. The van der Waals surface area contributed by atoms with Crippen molar-refractivity contribution in [2.75, 3.05) is 19.5 Å². The van der Waals surface area contributed by atoms with E-state index < -0.39 is 27.8 Å². The molecule has 0 bridgehead atoms. The van der Waals surface area contributed by atoms with E-state index >= 15 is 0 Å². The van der Waals surface area contributed by atoms with Gasteiger partial charge in [-0.25, -0.2) is 12.8 Å². The van der Waals surface area contributed by atoms with E-state index in [-0.39, 0.29) is 22.8 Å². The summed E-state index contributed by atoms with van der Waals surface area (Å²) in [5.74, 6) is -0.773. The third-order valence-electron chi connectivity index (χ3n) is 4.75. The second-order valence-corrected chi connectivity index (χ2v) is 9.62. The maximum atomic E-state index is 14.2. The number of methoxy groups -OCH3 is 2. The molecule has 7 nitrogen and oxygen atoms in total. The Hall–Kier alpha value is -2.95. The van der Waals surface area contributed by atoms with Crippen molar-refractivity contribution < 1.29 is 27.1 Å². The first kappa shape index (κ1) is 24.7. The fourth-order valence-electron chi connectivity index (χ4n) is 3.09. The van der Waals surface area contributed by atoms with Gasteiger partial charge in [0.25, 0.3) is 0 Å². The Morgan fingerprint density at radius 2 is 1.70 bits per heavy atom. The third kappa shape index (κ3) is 6.31.